The van der Waals surface area contributed by atoms with Crippen LogP contribution in [0, 0.1) is 0 Å². The first kappa shape index (κ1) is 20.7. The number of anilines is 2. The lowest BCUT2D eigenvalue weighted by Gasteiger charge is -2.16. The normalized spacial score (nSPS) is 12.8. The van der Waals surface area contributed by atoms with Crippen LogP contribution in [-0.4, -0.2) is 27.4 Å². The third kappa shape index (κ3) is 3.91. The van der Waals surface area contributed by atoms with E-state index in [4.69, 9.17) is 9.47 Å². The number of aromatic carboxylic acids is 1. The summed E-state index contributed by atoms with van der Waals surface area (Å²) in [7, 11) is 0. The summed E-state index contributed by atoms with van der Waals surface area (Å²) >= 11 is 0. The van der Waals surface area contributed by atoms with Crippen LogP contribution in [0.1, 0.15) is 21.5 Å². The van der Waals surface area contributed by atoms with Gasteiger partial charge in [0.25, 0.3) is 0 Å². The van der Waals surface area contributed by atoms with Crippen molar-refractivity contribution >= 4 is 28.6 Å². The predicted octanol–water partition coefficient (Wildman–Crippen LogP) is 5.27. The number of halogens is 3. The summed E-state index contributed by atoms with van der Waals surface area (Å²) < 4.78 is 53.0. The molecule has 0 bridgehead atoms. The van der Waals surface area contributed by atoms with E-state index < -0.39 is 17.7 Å². The van der Waals surface area contributed by atoms with Crippen molar-refractivity contribution < 1.29 is 32.5 Å². The van der Waals surface area contributed by atoms with Gasteiger partial charge < -0.3 is 24.5 Å². The third-order valence-electron chi connectivity index (χ3n) is 5.28. The van der Waals surface area contributed by atoms with E-state index in [-0.39, 0.29) is 30.4 Å². The summed E-state index contributed by atoms with van der Waals surface area (Å²) in [6.07, 6.45) is -4.52. The summed E-state index contributed by atoms with van der Waals surface area (Å²) in [6.45, 7) is -0.0328. The number of aromatic nitrogens is 2. The molecule has 3 aromatic carbocycles. The maximum Gasteiger partial charge on any atom is 0.416 e. The highest BCUT2D eigenvalue weighted by Crippen LogP contribution is 2.36. The average molecular weight is 455 g/mol. The third-order valence-corrected chi connectivity index (χ3v) is 5.28. The van der Waals surface area contributed by atoms with Gasteiger partial charge in [-0.1, -0.05) is 18.2 Å². The topological polar surface area (TPSA) is 85.6 Å². The zero-order valence-corrected chi connectivity index (χ0v) is 16.9. The maximum atomic E-state index is 13.6. The number of nitrogens with zero attached hydrogens (tertiary/aromatic N) is 2. The van der Waals surface area contributed by atoms with Gasteiger partial charge in [0.1, 0.15) is 0 Å². The Morgan fingerprint density at radius 2 is 1.85 bits per heavy atom. The molecular formula is C23H16F3N3O4. The number of hydrogen-bond acceptors (Lipinski definition) is 5. The minimum Gasteiger partial charge on any atom is -0.478 e. The fourth-order valence-electron chi connectivity index (χ4n) is 3.73. The fourth-order valence-corrected chi connectivity index (χ4v) is 3.73. The number of nitrogens with one attached hydrogen (secondary N) is 1. The lowest BCUT2D eigenvalue weighted by atomic mass is 10.1. The van der Waals surface area contributed by atoms with Gasteiger partial charge in [0.15, 0.2) is 11.5 Å². The van der Waals surface area contributed by atoms with Crippen LogP contribution in [-0.2, 0) is 12.7 Å². The van der Waals surface area contributed by atoms with Gasteiger partial charge in [0, 0.05) is 11.8 Å². The van der Waals surface area contributed by atoms with Gasteiger partial charge in [0.2, 0.25) is 12.7 Å². The molecule has 168 valence electrons. The highest BCUT2D eigenvalue weighted by Gasteiger charge is 2.33. The van der Waals surface area contributed by atoms with Crippen molar-refractivity contribution in [2.24, 2.45) is 0 Å². The molecule has 1 aliphatic rings. The van der Waals surface area contributed by atoms with Crippen LogP contribution >= 0.6 is 0 Å². The van der Waals surface area contributed by atoms with E-state index in [9.17, 15) is 23.1 Å². The number of carbonyl (C=O) groups is 1. The van der Waals surface area contributed by atoms with E-state index in [1.165, 1.54) is 36.4 Å². The van der Waals surface area contributed by atoms with Crippen LogP contribution in [0.15, 0.2) is 60.7 Å². The number of imidazole rings is 1. The number of benzene rings is 3. The first-order valence-electron chi connectivity index (χ1n) is 9.85. The lowest BCUT2D eigenvalue weighted by molar-refractivity contribution is -0.138. The molecule has 0 spiro atoms. The van der Waals surface area contributed by atoms with Crippen molar-refractivity contribution in [2.75, 3.05) is 12.1 Å². The van der Waals surface area contributed by atoms with Gasteiger partial charge in [-0.3, -0.25) is 0 Å². The summed E-state index contributed by atoms with van der Waals surface area (Å²) in [5.41, 5.74) is 0.738. The monoisotopic (exact) mass is 455 g/mol. The van der Waals surface area contributed by atoms with Crippen molar-refractivity contribution in [3.05, 3.63) is 77.4 Å². The van der Waals surface area contributed by atoms with Crippen molar-refractivity contribution in [2.45, 2.75) is 12.7 Å². The molecule has 33 heavy (non-hydrogen) atoms. The molecule has 0 unspecified atom stereocenters. The highest BCUT2D eigenvalue weighted by atomic mass is 19.4. The molecular weight excluding hydrogens is 439 g/mol. The Labute approximate surface area is 185 Å². The standard InChI is InChI=1S/C23H16F3N3O4/c24-23(25,26)16-4-2-1-3-14(16)11-29-18-7-5-13(21(30)31)9-17(18)28-22(29)27-15-6-8-19-20(10-15)33-12-32-19/h1-10H,11-12H2,(H,27,28)(H,30,31). The molecule has 0 aliphatic carbocycles. The number of ether oxygens (including phenoxy) is 2. The second kappa shape index (κ2) is 7.73. The number of hydrogen-bond donors (Lipinski definition) is 2. The molecule has 2 heterocycles. The van der Waals surface area contributed by atoms with Gasteiger partial charge in [0.05, 0.1) is 28.7 Å². The van der Waals surface area contributed by atoms with Crippen LogP contribution < -0.4 is 14.8 Å². The molecule has 0 amide bonds. The first-order chi connectivity index (χ1) is 15.8. The van der Waals surface area contributed by atoms with Gasteiger partial charge in [-0.2, -0.15) is 13.2 Å². The minimum atomic E-state index is -4.52. The Morgan fingerprint density at radius 3 is 2.64 bits per heavy atom. The molecule has 0 saturated carbocycles. The Hall–Kier alpha value is -4.21. The number of alkyl halides is 3. The van der Waals surface area contributed by atoms with Crippen molar-refractivity contribution in [3.63, 3.8) is 0 Å². The second-order valence-corrected chi connectivity index (χ2v) is 7.38. The summed E-state index contributed by atoms with van der Waals surface area (Å²) in [5.74, 6) is 0.236. The van der Waals surface area contributed by atoms with E-state index >= 15 is 0 Å². The number of fused-ring (bicyclic) bond motifs is 2. The molecule has 1 aromatic heterocycles. The molecule has 0 saturated heterocycles. The molecule has 0 atom stereocenters. The number of carboxylic acids is 1. The molecule has 0 fully saturated rings. The quantitative estimate of drug-likeness (QED) is 0.426. The summed E-state index contributed by atoms with van der Waals surface area (Å²) in [4.78, 5) is 15.8. The SMILES string of the molecule is O=C(O)c1ccc2c(c1)nc(Nc1ccc3c(c1)OCO3)n2Cc1ccccc1C(F)(F)F. The molecule has 2 N–H and O–H groups in total. The second-order valence-electron chi connectivity index (χ2n) is 7.38. The number of rotatable bonds is 5. The molecule has 1 aliphatic heterocycles. The van der Waals surface area contributed by atoms with Crippen LogP contribution in [0.3, 0.4) is 0 Å². The van der Waals surface area contributed by atoms with Crippen LogP contribution in [0.2, 0.25) is 0 Å². The fraction of sp³-hybridized carbons (Fsp3) is 0.130. The van der Waals surface area contributed by atoms with E-state index in [0.29, 0.717) is 28.2 Å². The number of carboxylic acid groups (broad SMARTS) is 1. The Kier molecular flexibility index (Phi) is 4.85. The highest BCUT2D eigenvalue weighted by molar-refractivity contribution is 5.93. The summed E-state index contributed by atoms with van der Waals surface area (Å²) in [5, 5.41) is 12.4. The zero-order chi connectivity index (χ0) is 23.2. The molecule has 5 rings (SSSR count). The van der Waals surface area contributed by atoms with Crippen molar-refractivity contribution in [3.8, 4) is 11.5 Å². The van der Waals surface area contributed by atoms with Gasteiger partial charge in [-0.15, -0.1) is 0 Å². The molecule has 0 radical (unpaired) electrons. The van der Waals surface area contributed by atoms with E-state index in [0.717, 1.165) is 6.07 Å². The molecule has 10 heteroatoms. The van der Waals surface area contributed by atoms with E-state index in [1.807, 2.05) is 0 Å². The predicted molar refractivity (Wildman–Crippen MR) is 113 cm³/mol. The van der Waals surface area contributed by atoms with Crippen LogP contribution in [0.5, 0.6) is 11.5 Å². The Morgan fingerprint density at radius 1 is 1.06 bits per heavy atom. The largest absolute Gasteiger partial charge is 0.478 e. The van der Waals surface area contributed by atoms with Crippen molar-refractivity contribution in [1.82, 2.24) is 9.55 Å². The first-order valence-corrected chi connectivity index (χ1v) is 9.85. The Bertz CT molecular complexity index is 1380. The van der Waals surface area contributed by atoms with Crippen molar-refractivity contribution in [1.29, 1.82) is 0 Å². The smallest absolute Gasteiger partial charge is 0.416 e. The van der Waals surface area contributed by atoms with E-state index in [1.54, 1.807) is 22.8 Å². The van der Waals surface area contributed by atoms with Crippen LogP contribution in [0.4, 0.5) is 24.8 Å². The van der Waals surface area contributed by atoms with Gasteiger partial charge in [-0.25, -0.2) is 9.78 Å². The molecule has 7 nitrogen and oxygen atoms in total. The van der Waals surface area contributed by atoms with Gasteiger partial charge in [-0.05, 0) is 42.0 Å². The average Bonchev–Trinajstić information content (AvgIpc) is 3.37. The summed E-state index contributed by atoms with van der Waals surface area (Å²) in [6, 6.07) is 14.7. The zero-order valence-electron chi connectivity index (χ0n) is 16.9. The van der Waals surface area contributed by atoms with Gasteiger partial charge >= 0.3 is 12.1 Å². The van der Waals surface area contributed by atoms with Crippen LogP contribution in [0.25, 0.3) is 11.0 Å². The maximum absolute atomic E-state index is 13.6. The van der Waals surface area contributed by atoms with E-state index in [2.05, 4.69) is 10.3 Å². The minimum absolute atomic E-state index is 0.0254. The lowest BCUT2D eigenvalue weighted by Crippen LogP contribution is -2.12. The molecule has 4 aromatic rings. The Balaban J connectivity index is 1.61.